The van der Waals surface area contributed by atoms with Crippen LogP contribution in [0.1, 0.15) is 92.6 Å². The number of pyridine rings is 2. The minimum absolute atomic E-state index is 0.000578. The molecule has 8 rings (SSSR count). The second-order valence-electron chi connectivity index (χ2n) is 19.2. The minimum atomic E-state index is -1.11. The van der Waals surface area contributed by atoms with E-state index < -0.39 is 51.7 Å². The number of carbonyl (C=O) groups is 2. The number of anilines is 2. The van der Waals surface area contributed by atoms with E-state index in [0.29, 0.717) is 51.9 Å². The van der Waals surface area contributed by atoms with Crippen molar-refractivity contribution < 1.29 is 32.3 Å². The number of nitrogens with one attached hydrogen (secondary N) is 3. The molecule has 420 valence electrons. The first-order valence-electron chi connectivity index (χ1n) is 26.9. The van der Waals surface area contributed by atoms with Gasteiger partial charge < -0.3 is 30.9 Å². The highest BCUT2D eigenvalue weighted by Crippen LogP contribution is 2.34. The predicted octanol–water partition coefficient (Wildman–Crippen LogP) is 10.6. The summed E-state index contributed by atoms with van der Waals surface area (Å²) in [7, 11) is 0. The van der Waals surface area contributed by atoms with Crippen LogP contribution in [0.25, 0.3) is 56.0 Å². The quantitative estimate of drug-likeness (QED) is 0.0371. The molecule has 1 atom stereocenters. The van der Waals surface area contributed by atoms with Gasteiger partial charge in [0.2, 0.25) is 11.9 Å². The third-order valence-corrected chi connectivity index (χ3v) is 14.0. The summed E-state index contributed by atoms with van der Waals surface area (Å²) < 4.78 is 61.5. The molecule has 16 nitrogen and oxygen atoms in total. The number of benzene rings is 4. The number of aromatic nitrogens is 6. The fourth-order valence-electron chi connectivity index (χ4n) is 9.16. The number of amides is 1. The zero-order valence-corrected chi connectivity index (χ0v) is 46.3. The molecule has 4 aromatic carbocycles. The molecule has 0 spiro atoms. The molecule has 0 aliphatic carbocycles. The van der Waals surface area contributed by atoms with Crippen LogP contribution in [0.2, 0.25) is 0 Å². The first-order valence-corrected chi connectivity index (χ1v) is 26.9. The summed E-state index contributed by atoms with van der Waals surface area (Å²) in [5.74, 6) is -4.58. The average Bonchev–Trinajstić information content (AvgIpc) is 3.61. The smallest absolute Gasteiger partial charge is 0.335 e. The van der Waals surface area contributed by atoms with Crippen LogP contribution in [0.15, 0.2) is 107 Å². The molecule has 20 heteroatoms. The monoisotopic (exact) mass is 1100 g/mol. The lowest BCUT2D eigenvalue weighted by Crippen LogP contribution is -2.31. The molecule has 0 radical (unpaired) electrons. The molecule has 8 aromatic rings. The summed E-state index contributed by atoms with van der Waals surface area (Å²) in [4.78, 5) is 73.9. The number of hydrogen-bond donors (Lipinski definition) is 4. The van der Waals surface area contributed by atoms with Crippen molar-refractivity contribution >= 4 is 45.8 Å². The van der Waals surface area contributed by atoms with Gasteiger partial charge in [0.1, 0.15) is 34.6 Å². The van der Waals surface area contributed by atoms with Gasteiger partial charge in [0.25, 0.3) is 17.0 Å². The molecule has 4 heterocycles. The van der Waals surface area contributed by atoms with E-state index in [1.54, 1.807) is 31.2 Å². The van der Waals surface area contributed by atoms with E-state index in [-0.39, 0.29) is 40.7 Å². The van der Waals surface area contributed by atoms with Gasteiger partial charge in [-0.3, -0.25) is 23.5 Å². The van der Waals surface area contributed by atoms with Crippen molar-refractivity contribution in [3.63, 3.8) is 0 Å². The average molecular weight is 1100 g/mol. The molecule has 80 heavy (non-hydrogen) atoms. The summed E-state index contributed by atoms with van der Waals surface area (Å²) in [6, 6.07) is 22.2. The Kier molecular flexibility index (Phi) is 20.0. The molecule has 0 fully saturated rings. The van der Waals surface area contributed by atoms with Gasteiger partial charge >= 0.3 is 5.97 Å². The fourth-order valence-corrected chi connectivity index (χ4v) is 9.16. The normalized spacial score (nSPS) is 11.7. The van der Waals surface area contributed by atoms with Crippen molar-refractivity contribution in [2.24, 2.45) is 0 Å². The van der Waals surface area contributed by atoms with Crippen molar-refractivity contribution in [2.75, 3.05) is 63.0 Å². The van der Waals surface area contributed by atoms with Crippen LogP contribution in [0, 0.1) is 37.1 Å². The largest absolute Gasteiger partial charge is 0.478 e. The van der Waals surface area contributed by atoms with Gasteiger partial charge in [-0.2, -0.15) is 9.97 Å². The Morgan fingerprint density at radius 2 is 0.975 bits per heavy atom. The number of para-hydroxylation sites is 2. The van der Waals surface area contributed by atoms with Crippen LogP contribution in [-0.2, 0) is 0 Å². The molecule has 0 aliphatic rings. The number of carbonyl (C=O) groups excluding carboxylic acids is 1. The topological polar surface area (TPSA) is 192 Å². The molecule has 1 unspecified atom stereocenters. The predicted molar refractivity (Wildman–Crippen MR) is 306 cm³/mol. The molecular formula is C60H67F4N11O5. The lowest BCUT2D eigenvalue weighted by Gasteiger charge is -2.19. The number of aromatic carboxylic acids is 1. The maximum absolute atomic E-state index is 15.0. The zero-order valence-electron chi connectivity index (χ0n) is 46.3. The lowest BCUT2D eigenvalue weighted by molar-refractivity contribution is 0.0696. The number of halogens is 4. The van der Waals surface area contributed by atoms with Gasteiger partial charge in [-0.1, -0.05) is 58.9 Å². The maximum atomic E-state index is 15.0. The molecule has 1 amide bonds. The highest BCUT2D eigenvalue weighted by atomic mass is 19.1. The Hall–Kier alpha value is -8.36. The van der Waals surface area contributed by atoms with Crippen LogP contribution < -0.4 is 27.1 Å². The molecule has 0 saturated carbocycles. The van der Waals surface area contributed by atoms with E-state index in [0.717, 1.165) is 103 Å². The second kappa shape index (κ2) is 27.0. The van der Waals surface area contributed by atoms with Crippen molar-refractivity contribution in [1.82, 2.24) is 44.2 Å². The highest BCUT2D eigenvalue weighted by molar-refractivity contribution is 5.99. The van der Waals surface area contributed by atoms with Crippen molar-refractivity contribution in [3.8, 4) is 33.9 Å². The first-order chi connectivity index (χ1) is 38.4. The van der Waals surface area contributed by atoms with Gasteiger partial charge in [0.05, 0.1) is 17.0 Å². The standard InChI is InChI=1S/C32H38F2N6O2.C28H29F2N5O3/c1-6-21(5)36-31(42)22-14-13-20(4)24(19-22)28-23-15-16-27(41)40(29-25(33)11-9-12-26(29)34)30(23)38-32(37-28)35-17-10-18-39(7-2)8-3;1-4-34(5-2)15-7-14-31-28-32-24(20-16-18(27(37)38)11-10-17(20)3)19-12-13-23(36)35(26(19)33-28)25-21(29)8-6-9-22(25)30/h9,11-16,19,21H,6-8,10,17-18H2,1-5H3,(H,36,42)(H,35,37,38);6,8-13,16H,4-5,7,14-15H2,1-3H3,(H,37,38)(H,31,32,33). The van der Waals surface area contributed by atoms with E-state index >= 15 is 0 Å². The van der Waals surface area contributed by atoms with E-state index in [2.05, 4.69) is 68.4 Å². The molecule has 4 N–H and O–H groups in total. The van der Waals surface area contributed by atoms with Crippen molar-refractivity contribution in [3.05, 3.63) is 163 Å². The van der Waals surface area contributed by atoms with E-state index in [9.17, 15) is 41.8 Å². The third-order valence-electron chi connectivity index (χ3n) is 14.0. The molecular weight excluding hydrogens is 1030 g/mol. The summed E-state index contributed by atoms with van der Waals surface area (Å²) >= 11 is 0. The SMILES string of the molecule is CCC(C)NC(=O)c1ccc(C)c(-c2nc(NCCCN(CC)CC)nc3c2ccc(=O)n3-c2c(F)cccc2F)c1.CCN(CC)CCCNc1nc(-c2cc(C(=O)O)ccc2C)c2ccc(=O)n(-c3c(F)cccc3F)c2n1. The van der Waals surface area contributed by atoms with Crippen LogP contribution in [0.5, 0.6) is 0 Å². The Balaban J connectivity index is 0.000000232. The number of aryl methyl sites for hydroxylation is 2. The van der Waals surface area contributed by atoms with Gasteiger partial charge in [-0.15, -0.1) is 0 Å². The Morgan fingerprint density at radius 1 is 0.575 bits per heavy atom. The van der Waals surface area contributed by atoms with Crippen LogP contribution in [0.4, 0.5) is 29.5 Å². The van der Waals surface area contributed by atoms with Crippen molar-refractivity contribution in [2.45, 2.75) is 80.7 Å². The molecule has 0 aliphatic heterocycles. The number of carboxylic acid groups (broad SMARTS) is 1. The fraction of sp³-hybridized carbons (Fsp3) is 0.333. The van der Waals surface area contributed by atoms with Gasteiger partial charge in [0.15, 0.2) is 11.3 Å². The Bertz CT molecular complexity index is 3620. The Morgan fingerprint density at radius 3 is 1.36 bits per heavy atom. The van der Waals surface area contributed by atoms with Crippen LogP contribution in [-0.4, -0.2) is 114 Å². The summed E-state index contributed by atoms with van der Waals surface area (Å²) in [6.07, 6.45) is 2.39. The molecule has 0 saturated heterocycles. The van der Waals surface area contributed by atoms with Gasteiger partial charge in [-0.05, 0) is 151 Å². The lowest BCUT2D eigenvalue weighted by atomic mass is 9.99. The van der Waals surface area contributed by atoms with Gasteiger partial charge in [-0.25, -0.2) is 32.3 Å². The molecule has 4 aromatic heterocycles. The minimum Gasteiger partial charge on any atom is -0.478 e. The third kappa shape index (κ3) is 13.5. The number of carboxylic acids is 1. The van der Waals surface area contributed by atoms with E-state index in [4.69, 9.17) is 4.98 Å². The maximum Gasteiger partial charge on any atom is 0.335 e. The highest BCUT2D eigenvalue weighted by Gasteiger charge is 2.24. The van der Waals surface area contributed by atoms with Crippen molar-refractivity contribution in [1.29, 1.82) is 0 Å². The summed E-state index contributed by atoms with van der Waals surface area (Å²) in [5, 5.41) is 19.7. The van der Waals surface area contributed by atoms with Gasteiger partial charge in [0, 0.05) is 58.7 Å². The van der Waals surface area contributed by atoms with Crippen LogP contribution in [0.3, 0.4) is 0 Å². The summed E-state index contributed by atoms with van der Waals surface area (Å²) in [6.45, 7) is 22.5. The second-order valence-corrected chi connectivity index (χ2v) is 19.2. The number of fused-ring (bicyclic) bond motifs is 2. The number of nitrogens with zero attached hydrogens (tertiary/aromatic N) is 8. The summed E-state index contributed by atoms with van der Waals surface area (Å²) in [5.41, 5.74) is 1.68. The van der Waals surface area contributed by atoms with E-state index in [1.165, 1.54) is 42.5 Å². The zero-order chi connectivity index (χ0) is 57.8. The molecule has 0 bridgehead atoms. The number of hydrogen-bond acceptors (Lipinski definition) is 12. The Labute approximate surface area is 461 Å². The first kappa shape index (κ1) is 59.3. The van der Waals surface area contributed by atoms with Crippen LogP contribution >= 0.6 is 0 Å². The number of rotatable bonds is 22. The van der Waals surface area contributed by atoms with E-state index in [1.807, 2.05) is 26.8 Å².